The lowest BCUT2D eigenvalue weighted by Crippen LogP contribution is -2.43. The Hall–Kier alpha value is -1.41. The van der Waals surface area contributed by atoms with E-state index in [4.69, 9.17) is 4.74 Å². The number of aliphatic carboxylic acids is 1. The van der Waals surface area contributed by atoms with Crippen molar-refractivity contribution in [1.82, 2.24) is 4.90 Å². The highest BCUT2D eigenvalue weighted by Gasteiger charge is 2.32. The number of thioether (sulfide) groups is 1. The molecule has 0 spiro atoms. The second-order valence-corrected chi connectivity index (χ2v) is 6.46. The van der Waals surface area contributed by atoms with Gasteiger partial charge in [-0.15, -0.1) is 0 Å². The SMILES string of the molecule is COc1ccc(CN2CCCCC2C(=O)O)cc1SC(F)(F)F. The molecule has 0 saturated carbocycles. The number of carbonyl (C=O) groups is 1. The molecule has 1 fully saturated rings. The predicted molar refractivity (Wildman–Crippen MR) is 80.6 cm³/mol. The van der Waals surface area contributed by atoms with E-state index in [1.165, 1.54) is 19.2 Å². The predicted octanol–water partition coefficient (Wildman–Crippen LogP) is 3.75. The maximum absolute atomic E-state index is 12.6. The molecule has 1 N–H and O–H groups in total. The Balaban J connectivity index is 2.19. The number of carboxylic acids is 1. The summed E-state index contributed by atoms with van der Waals surface area (Å²) in [5.74, 6) is -0.729. The summed E-state index contributed by atoms with van der Waals surface area (Å²) in [5, 5.41) is 9.26. The van der Waals surface area contributed by atoms with Crippen LogP contribution in [-0.4, -0.2) is 41.2 Å². The van der Waals surface area contributed by atoms with Gasteiger partial charge in [0, 0.05) is 6.54 Å². The van der Waals surface area contributed by atoms with Gasteiger partial charge in [0.25, 0.3) is 0 Å². The standard InChI is InChI=1S/C15H18F3NO3S/c1-22-12-6-5-10(8-13(12)23-15(16,17)18)9-19-7-3-2-4-11(19)14(20)21/h5-6,8,11H,2-4,7,9H2,1H3,(H,20,21). The van der Waals surface area contributed by atoms with Gasteiger partial charge in [-0.25, -0.2) is 0 Å². The highest BCUT2D eigenvalue weighted by atomic mass is 32.2. The number of hydrogen-bond donors (Lipinski definition) is 1. The Morgan fingerprint density at radius 2 is 2.17 bits per heavy atom. The Morgan fingerprint density at radius 3 is 2.78 bits per heavy atom. The first kappa shape index (κ1) is 17.9. The van der Waals surface area contributed by atoms with Gasteiger partial charge in [-0.2, -0.15) is 13.2 Å². The number of nitrogens with zero attached hydrogens (tertiary/aromatic N) is 1. The van der Waals surface area contributed by atoms with E-state index >= 15 is 0 Å². The van der Waals surface area contributed by atoms with Gasteiger partial charge in [-0.05, 0) is 48.8 Å². The Labute approximate surface area is 136 Å². The average Bonchev–Trinajstić information content (AvgIpc) is 2.46. The van der Waals surface area contributed by atoms with Crippen molar-refractivity contribution >= 4 is 17.7 Å². The number of benzene rings is 1. The minimum absolute atomic E-state index is 0.0126. The van der Waals surface area contributed by atoms with Gasteiger partial charge in [0.15, 0.2) is 0 Å². The van der Waals surface area contributed by atoms with Crippen LogP contribution in [0.3, 0.4) is 0 Å². The maximum atomic E-state index is 12.6. The lowest BCUT2D eigenvalue weighted by atomic mass is 10.0. The molecule has 4 nitrogen and oxygen atoms in total. The van der Waals surface area contributed by atoms with E-state index in [0.717, 1.165) is 12.8 Å². The molecule has 1 unspecified atom stereocenters. The van der Waals surface area contributed by atoms with Crippen molar-refractivity contribution in [3.63, 3.8) is 0 Å². The van der Waals surface area contributed by atoms with Crippen LogP contribution in [0.4, 0.5) is 13.2 Å². The minimum atomic E-state index is -4.40. The van der Waals surface area contributed by atoms with Crippen LogP contribution in [-0.2, 0) is 11.3 Å². The number of methoxy groups -OCH3 is 1. The van der Waals surface area contributed by atoms with Crippen LogP contribution in [0.15, 0.2) is 23.1 Å². The lowest BCUT2D eigenvalue weighted by molar-refractivity contribution is -0.144. The first-order valence-corrected chi connectivity index (χ1v) is 8.01. The van der Waals surface area contributed by atoms with E-state index in [-0.39, 0.29) is 22.4 Å². The number of rotatable bonds is 5. The number of carboxylic acid groups (broad SMARTS) is 1. The Bertz CT molecular complexity index is 565. The third kappa shape index (κ3) is 5.04. The summed E-state index contributed by atoms with van der Waals surface area (Å²) in [6.07, 6.45) is 2.31. The fraction of sp³-hybridized carbons (Fsp3) is 0.533. The van der Waals surface area contributed by atoms with E-state index in [0.29, 0.717) is 25.1 Å². The molecule has 1 aromatic carbocycles. The highest BCUT2D eigenvalue weighted by molar-refractivity contribution is 8.00. The van der Waals surface area contributed by atoms with Crippen LogP contribution in [0, 0.1) is 0 Å². The molecule has 0 radical (unpaired) electrons. The Morgan fingerprint density at radius 1 is 1.43 bits per heavy atom. The van der Waals surface area contributed by atoms with Crippen molar-refractivity contribution in [2.75, 3.05) is 13.7 Å². The summed E-state index contributed by atoms with van der Waals surface area (Å²) < 4.78 is 42.9. The van der Waals surface area contributed by atoms with Crippen LogP contribution in [0.25, 0.3) is 0 Å². The first-order valence-electron chi connectivity index (χ1n) is 7.19. The zero-order chi connectivity index (χ0) is 17.0. The summed E-state index contributed by atoms with van der Waals surface area (Å²) in [7, 11) is 1.32. The van der Waals surface area contributed by atoms with E-state index < -0.39 is 17.5 Å². The van der Waals surface area contributed by atoms with Crippen molar-refractivity contribution in [3.8, 4) is 5.75 Å². The lowest BCUT2D eigenvalue weighted by Gasteiger charge is -2.33. The number of piperidine rings is 1. The minimum Gasteiger partial charge on any atom is -0.496 e. The molecule has 23 heavy (non-hydrogen) atoms. The molecule has 1 aliphatic rings. The summed E-state index contributed by atoms with van der Waals surface area (Å²) >= 11 is -0.225. The topological polar surface area (TPSA) is 49.8 Å². The molecule has 1 heterocycles. The van der Waals surface area contributed by atoms with E-state index in [1.807, 2.05) is 0 Å². The van der Waals surface area contributed by atoms with Crippen molar-refractivity contribution in [2.45, 2.75) is 42.3 Å². The number of alkyl halides is 3. The number of halogens is 3. The smallest absolute Gasteiger partial charge is 0.446 e. The third-order valence-electron chi connectivity index (χ3n) is 3.74. The molecule has 8 heteroatoms. The van der Waals surface area contributed by atoms with E-state index in [9.17, 15) is 23.1 Å². The zero-order valence-electron chi connectivity index (χ0n) is 12.6. The average molecular weight is 349 g/mol. The summed E-state index contributed by atoms with van der Waals surface area (Å²) in [6, 6.07) is 4.00. The monoisotopic (exact) mass is 349 g/mol. The molecular weight excluding hydrogens is 331 g/mol. The second-order valence-electron chi connectivity index (χ2n) is 5.35. The van der Waals surface area contributed by atoms with Gasteiger partial charge in [0.05, 0.1) is 12.0 Å². The normalized spacial score (nSPS) is 19.6. The number of likely N-dealkylation sites (tertiary alicyclic amines) is 1. The summed E-state index contributed by atoms with van der Waals surface area (Å²) in [5.41, 5.74) is -3.76. The van der Waals surface area contributed by atoms with Gasteiger partial charge < -0.3 is 9.84 Å². The van der Waals surface area contributed by atoms with Crippen LogP contribution in [0.5, 0.6) is 5.75 Å². The van der Waals surface area contributed by atoms with Crippen LogP contribution in [0.2, 0.25) is 0 Å². The van der Waals surface area contributed by atoms with Crippen molar-refractivity contribution < 1.29 is 27.8 Å². The number of ether oxygens (including phenoxy) is 1. The fourth-order valence-corrected chi connectivity index (χ4v) is 3.43. The van der Waals surface area contributed by atoms with Crippen molar-refractivity contribution in [1.29, 1.82) is 0 Å². The maximum Gasteiger partial charge on any atom is 0.446 e. The molecule has 1 aliphatic heterocycles. The molecule has 0 aromatic heterocycles. The fourth-order valence-electron chi connectivity index (χ4n) is 2.72. The zero-order valence-corrected chi connectivity index (χ0v) is 13.4. The van der Waals surface area contributed by atoms with Gasteiger partial charge in [0.2, 0.25) is 0 Å². The van der Waals surface area contributed by atoms with Crippen LogP contribution >= 0.6 is 11.8 Å². The van der Waals surface area contributed by atoms with Gasteiger partial charge in [-0.3, -0.25) is 9.69 Å². The van der Waals surface area contributed by atoms with Crippen molar-refractivity contribution in [3.05, 3.63) is 23.8 Å². The van der Waals surface area contributed by atoms with E-state index in [2.05, 4.69) is 0 Å². The van der Waals surface area contributed by atoms with Crippen molar-refractivity contribution in [2.24, 2.45) is 0 Å². The van der Waals surface area contributed by atoms with Crippen LogP contribution in [0.1, 0.15) is 24.8 Å². The molecule has 0 bridgehead atoms. The van der Waals surface area contributed by atoms with Gasteiger partial charge >= 0.3 is 11.5 Å². The summed E-state index contributed by atoms with van der Waals surface area (Å²) in [6.45, 7) is 0.942. The molecular formula is C15H18F3NO3S. The second kappa shape index (κ2) is 7.44. The first-order chi connectivity index (χ1) is 10.8. The summed E-state index contributed by atoms with van der Waals surface area (Å²) in [4.78, 5) is 13.1. The molecule has 1 atom stereocenters. The molecule has 2 rings (SSSR count). The molecule has 128 valence electrons. The Kier molecular flexibility index (Phi) is 5.80. The molecule has 0 aliphatic carbocycles. The van der Waals surface area contributed by atoms with Gasteiger partial charge in [0.1, 0.15) is 11.8 Å². The molecule has 0 amide bonds. The largest absolute Gasteiger partial charge is 0.496 e. The molecule has 1 aromatic rings. The van der Waals surface area contributed by atoms with E-state index in [1.54, 1.807) is 11.0 Å². The molecule has 1 saturated heterocycles. The van der Waals surface area contributed by atoms with Gasteiger partial charge in [-0.1, -0.05) is 12.5 Å². The highest BCUT2D eigenvalue weighted by Crippen LogP contribution is 2.42. The third-order valence-corrected chi connectivity index (χ3v) is 4.51. The quantitative estimate of drug-likeness (QED) is 0.821. The number of hydrogen-bond acceptors (Lipinski definition) is 4. The van der Waals surface area contributed by atoms with Crippen LogP contribution < -0.4 is 4.74 Å².